The van der Waals surface area contributed by atoms with Crippen molar-refractivity contribution in [2.75, 3.05) is 0 Å². The monoisotopic (exact) mass is 336 g/mol. The second kappa shape index (κ2) is 7.17. The highest BCUT2D eigenvalue weighted by Gasteiger charge is 2.44. The number of allylic oxidation sites excluding steroid dienone is 4. The van der Waals surface area contributed by atoms with Crippen molar-refractivity contribution >= 4 is 0 Å². The predicted molar refractivity (Wildman–Crippen MR) is 110 cm³/mol. The van der Waals surface area contributed by atoms with Gasteiger partial charge in [0.05, 0.1) is 5.41 Å². The van der Waals surface area contributed by atoms with Crippen LogP contribution in [0.4, 0.5) is 0 Å². The zero-order valence-corrected chi connectivity index (χ0v) is 15.1. The van der Waals surface area contributed by atoms with Gasteiger partial charge in [-0.1, -0.05) is 122 Å². The molecule has 4 rings (SSSR count). The summed E-state index contributed by atoms with van der Waals surface area (Å²) in [7, 11) is 0. The van der Waals surface area contributed by atoms with Crippen LogP contribution in [0.3, 0.4) is 0 Å². The molecule has 0 radical (unpaired) electrons. The number of hydrogen-bond donors (Lipinski definition) is 0. The quantitative estimate of drug-likeness (QED) is 0.484. The fraction of sp³-hybridized carbons (Fsp3) is 0.154. The van der Waals surface area contributed by atoms with Crippen LogP contribution in [-0.4, -0.2) is 0 Å². The summed E-state index contributed by atoms with van der Waals surface area (Å²) in [5.74, 6) is 0.792. The maximum absolute atomic E-state index is 2.39. The Morgan fingerprint density at radius 3 is 1.31 bits per heavy atom. The Hall–Kier alpha value is -2.86. The maximum atomic E-state index is 2.39. The first-order valence-electron chi connectivity index (χ1n) is 9.35. The van der Waals surface area contributed by atoms with Gasteiger partial charge in [0.1, 0.15) is 0 Å². The minimum Gasteiger partial charge on any atom is -0.0811 e. The molecule has 0 heterocycles. The molecular weight excluding hydrogens is 312 g/mol. The summed E-state index contributed by atoms with van der Waals surface area (Å²) in [6.45, 7) is 2.33. The minimum atomic E-state index is -0.218. The minimum absolute atomic E-state index is 0.218. The van der Waals surface area contributed by atoms with Crippen molar-refractivity contribution in [1.29, 1.82) is 0 Å². The van der Waals surface area contributed by atoms with Crippen molar-refractivity contribution in [3.63, 3.8) is 0 Å². The van der Waals surface area contributed by atoms with Crippen LogP contribution in [0.25, 0.3) is 0 Å². The van der Waals surface area contributed by atoms with Crippen LogP contribution in [0.1, 0.15) is 23.6 Å². The molecule has 3 aromatic rings. The van der Waals surface area contributed by atoms with Gasteiger partial charge in [-0.25, -0.2) is 0 Å². The molecule has 0 bridgehead atoms. The SMILES string of the molecule is CC1C=CC=CC1C(c1ccccc1)(c1ccccc1)c1ccccc1. The average molecular weight is 336 g/mol. The Kier molecular flexibility index (Phi) is 4.58. The van der Waals surface area contributed by atoms with E-state index in [4.69, 9.17) is 0 Å². The predicted octanol–water partition coefficient (Wildman–Crippen LogP) is 6.40. The summed E-state index contributed by atoms with van der Waals surface area (Å²) in [6.07, 6.45) is 9.09. The highest BCUT2D eigenvalue weighted by Crippen LogP contribution is 2.49. The van der Waals surface area contributed by atoms with Gasteiger partial charge in [-0.15, -0.1) is 0 Å². The molecule has 0 spiro atoms. The van der Waals surface area contributed by atoms with Crippen molar-refractivity contribution in [2.45, 2.75) is 12.3 Å². The molecule has 2 unspecified atom stereocenters. The van der Waals surface area contributed by atoms with Gasteiger partial charge in [-0.2, -0.15) is 0 Å². The van der Waals surface area contributed by atoms with Crippen LogP contribution in [0.2, 0.25) is 0 Å². The summed E-state index contributed by atoms with van der Waals surface area (Å²) in [4.78, 5) is 0. The van der Waals surface area contributed by atoms with Gasteiger partial charge in [0.2, 0.25) is 0 Å². The van der Waals surface area contributed by atoms with Crippen molar-refractivity contribution < 1.29 is 0 Å². The summed E-state index contributed by atoms with van der Waals surface area (Å²) in [5, 5.41) is 0. The summed E-state index contributed by atoms with van der Waals surface area (Å²) >= 11 is 0. The zero-order chi connectivity index (χ0) is 17.8. The van der Waals surface area contributed by atoms with Crippen LogP contribution in [0.15, 0.2) is 115 Å². The van der Waals surface area contributed by atoms with Crippen molar-refractivity contribution in [2.24, 2.45) is 11.8 Å². The van der Waals surface area contributed by atoms with E-state index >= 15 is 0 Å². The first-order chi connectivity index (χ1) is 12.8. The average Bonchev–Trinajstić information content (AvgIpc) is 2.72. The molecule has 0 saturated heterocycles. The van der Waals surface area contributed by atoms with Gasteiger partial charge in [0.25, 0.3) is 0 Å². The summed E-state index contributed by atoms with van der Waals surface area (Å²) in [6, 6.07) is 32.9. The van der Waals surface area contributed by atoms with E-state index in [9.17, 15) is 0 Å². The topological polar surface area (TPSA) is 0 Å². The third-order valence-electron chi connectivity index (χ3n) is 5.60. The normalized spacial score (nSPS) is 19.4. The van der Waals surface area contributed by atoms with Gasteiger partial charge in [-0.3, -0.25) is 0 Å². The van der Waals surface area contributed by atoms with Crippen LogP contribution in [0, 0.1) is 11.8 Å². The Morgan fingerprint density at radius 1 is 0.538 bits per heavy atom. The number of rotatable bonds is 4. The Morgan fingerprint density at radius 2 is 0.923 bits per heavy atom. The van der Waals surface area contributed by atoms with Gasteiger partial charge >= 0.3 is 0 Å². The van der Waals surface area contributed by atoms with Crippen LogP contribution < -0.4 is 0 Å². The third-order valence-corrected chi connectivity index (χ3v) is 5.60. The molecule has 0 aromatic heterocycles. The van der Waals surface area contributed by atoms with Crippen LogP contribution in [-0.2, 0) is 5.41 Å². The van der Waals surface area contributed by atoms with E-state index in [-0.39, 0.29) is 5.41 Å². The van der Waals surface area contributed by atoms with E-state index in [0.29, 0.717) is 11.8 Å². The standard InChI is InChI=1S/C26H24/c1-21-13-11-12-20-25(21)26(22-14-5-2-6-15-22,23-16-7-3-8-17-23)24-18-9-4-10-19-24/h2-21,25H,1H3. The Bertz CT molecular complexity index is 792. The number of hydrogen-bond acceptors (Lipinski definition) is 0. The molecule has 128 valence electrons. The maximum Gasteiger partial charge on any atom is 0.0519 e. The lowest BCUT2D eigenvalue weighted by Crippen LogP contribution is -2.40. The fourth-order valence-electron chi connectivity index (χ4n) is 4.44. The molecule has 26 heavy (non-hydrogen) atoms. The summed E-state index contributed by atoms with van der Waals surface area (Å²) in [5.41, 5.74) is 3.81. The Balaban J connectivity index is 2.07. The number of benzene rings is 3. The largest absolute Gasteiger partial charge is 0.0811 e. The van der Waals surface area contributed by atoms with E-state index in [1.54, 1.807) is 0 Å². The molecular formula is C26H24. The van der Waals surface area contributed by atoms with Gasteiger partial charge in [-0.05, 0) is 22.6 Å². The van der Waals surface area contributed by atoms with Gasteiger partial charge in [0, 0.05) is 5.92 Å². The Labute approximate surface area is 156 Å². The highest BCUT2D eigenvalue weighted by molar-refractivity contribution is 5.53. The second-order valence-electron chi connectivity index (χ2n) is 7.06. The molecule has 0 N–H and O–H groups in total. The van der Waals surface area contributed by atoms with E-state index in [0.717, 1.165) is 0 Å². The molecule has 1 aliphatic carbocycles. The molecule has 0 fully saturated rings. The lowest BCUT2D eigenvalue weighted by molar-refractivity contribution is 0.368. The van der Waals surface area contributed by atoms with E-state index in [1.165, 1.54) is 16.7 Å². The second-order valence-corrected chi connectivity index (χ2v) is 7.06. The highest BCUT2D eigenvalue weighted by atomic mass is 14.5. The summed E-state index contributed by atoms with van der Waals surface area (Å²) < 4.78 is 0. The van der Waals surface area contributed by atoms with E-state index in [1.807, 2.05) is 0 Å². The first-order valence-corrected chi connectivity index (χ1v) is 9.35. The zero-order valence-electron chi connectivity index (χ0n) is 15.1. The fourth-order valence-corrected chi connectivity index (χ4v) is 4.44. The van der Waals surface area contributed by atoms with Crippen LogP contribution >= 0.6 is 0 Å². The van der Waals surface area contributed by atoms with Crippen molar-refractivity contribution in [1.82, 2.24) is 0 Å². The molecule has 1 aliphatic rings. The molecule has 2 atom stereocenters. The van der Waals surface area contributed by atoms with Crippen molar-refractivity contribution in [3.05, 3.63) is 132 Å². The molecule has 0 aliphatic heterocycles. The van der Waals surface area contributed by atoms with Crippen LogP contribution in [0.5, 0.6) is 0 Å². The molecule has 3 aromatic carbocycles. The third kappa shape index (κ3) is 2.72. The van der Waals surface area contributed by atoms with Crippen molar-refractivity contribution in [3.8, 4) is 0 Å². The van der Waals surface area contributed by atoms with E-state index in [2.05, 4.69) is 122 Å². The molecule has 0 saturated carbocycles. The van der Waals surface area contributed by atoms with Gasteiger partial charge in [0.15, 0.2) is 0 Å². The lowest BCUT2D eigenvalue weighted by atomic mass is 9.58. The smallest absolute Gasteiger partial charge is 0.0519 e. The van der Waals surface area contributed by atoms with E-state index < -0.39 is 0 Å². The molecule has 0 heteroatoms. The van der Waals surface area contributed by atoms with Gasteiger partial charge < -0.3 is 0 Å². The molecule has 0 amide bonds. The molecule has 0 nitrogen and oxygen atoms in total. The lowest BCUT2D eigenvalue weighted by Gasteiger charge is -2.44. The first kappa shape index (κ1) is 16.6.